The summed E-state index contributed by atoms with van der Waals surface area (Å²) in [7, 11) is 0. The van der Waals surface area contributed by atoms with Gasteiger partial charge in [-0.15, -0.1) is 0 Å². The lowest BCUT2D eigenvalue weighted by Crippen LogP contribution is -2.26. The topological polar surface area (TPSA) is 55.5 Å². The SMILES string of the molecule is Cc1cc(-c2cnn3cc(CN4CCCOCC4)cnc23)ccn1. The highest BCUT2D eigenvalue weighted by atomic mass is 16.5. The summed E-state index contributed by atoms with van der Waals surface area (Å²) in [5.41, 5.74) is 5.18. The molecule has 3 aromatic rings. The second-order valence-corrected chi connectivity index (χ2v) is 6.22. The van der Waals surface area contributed by atoms with Gasteiger partial charge in [0, 0.05) is 61.7 Å². The van der Waals surface area contributed by atoms with Crippen LogP contribution in [0.15, 0.2) is 36.9 Å². The molecule has 4 rings (SSSR count). The smallest absolute Gasteiger partial charge is 0.162 e. The van der Waals surface area contributed by atoms with Gasteiger partial charge in [0.05, 0.1) is 12.8 Å². The molecule has 0 radical (unpaired) electrons. The lowest BCUT2D eigenvalue weighted by Gasteiger charge is -2.18. The van der Waals surface area contributed by atoms with Gasteiger partial charge in [-0.05, 0) is 31.0 Å². The molecule has 6 heteroatoms. The van der Waals surface area contributed by atoms with Crippen molar-refractivity contribution < 1.29 is 4.74 Å². The van der Waals surface area contributed by atoms with E-state index in [1.165, 1.54) is 5.56 Å². The summed E-state index contributed by atoms with van der Waals surface area (Å²) in [4.78, 5) is 11.3. The zero-order valence-corrected chi connectivity index (χ0v) is 13.9. The minimum Gasteiger partial charge on any atom is -0.380 e. The Morgan fingerprint density at radius 2 is 2.12 bits per heavy atom. The Morgan fingerprint density at radius 3 is 3.04 bits per heavy atom. The van der Waals surface area contributed by atoms with Crippen molar-refractivity contribution in [1.82, 2.24) is 24.5 Å². The van der Waals surface area contributed by atoms with Crippen LogP contribution >= 0.6 is 0 Å². The van der Waals surface area contributed by atoms with E-state index in [4.69, 9.17) is 4.74 Å². The third-order valence-electron chi connectivity index (χ3n) is 4.34. The molecular formula is C18H21N5O. The molecule has 24 heavy (non-hydrogen) atoms. The monoisotopic (exact) mass is 323 g/mol. The van der Waals surface area contributed by atoms with E-state index in [1.54, 1.807) is 0 Å². The van der Waals surface area contributed by atoms with E-state index in [9.17, 15) is 0 Å². The van der Waals surface area contributed by atoms with Gasteiger partial charge < -0.3 is 4.74 Å². The van der Waals surface area contributed by atoms with Crippen molar-refractivity contribution in [2.45, 2.75) is 19.9 Å². The van der Waals surface area contributed by atoms with Crippen LogP contribution < -0.4 is 0 Å². The molecule has 1 aliphatic heterocycles. The van der Waals surface area contributed by atoms with Crippen molar-refractivity contribution in [3.05, 3.63) is 48.2 Å². The maximum absolute atomic E-state index is 5.51. The molecule has 0 aliphatic carbocycles. The Kier molecular flexibility index (Phi) is 4.23. The molecule has 1 aliphatic rings. The highest BCUT2D eigenvalue weighted by molar-refractivity contribution is 5.76. The third kappa shape index (κ3) is 3.16. The average molecular weight is 323 g/mol. The van der Waals surface area contributed by atoms with Crippen LogP contribution in [-0.2, 0) is 11.3 Å². The van der Waals surface area contributed by atoms with E-state index in [1.807, 2.05) is 36.1 Å². The van der Waals surface area contributed by atoms with Crippen LogP contribution in [0.3, 0.4) is 0 Å². The molecule has 124 valence electrons. The molecular weight excluding hydrogens is 302 g/mol. The number of nitrogens with zero attached hydrogens (tertiary/aromatic N) is 5. The number of hydrogen-bond acceptors (Lipinski definition) is 5. The minimum absolute atomic E-state index is 0.809. The highest BCUT2D eigenvalue weighted by Crippen LogP contribution is 2.23. The fourth-order valence-electron chi connectivity index (χ4n) is 3.13. The molecule has 3 aromatic heterocycles. The van der Waals surface area contributed by atoms with E-state index in [2.05, 4.69) is 32.2 Å². The van der Waals surface area contributed by atoms with Crippen LogP contribution in [0.2, 0.25) is 0 Å². The molecule has 4 heterocycles. The van der Waals surface area contributed by atoms with Gasteiger partial charge >= 0.3 is 0 Å². The standard InChI is InChI=1S/C18H21N5O/c1-14-9-16(3-4-19-14)17-11-21-23-13-15(10-20-18(17)23)12-22-5-2-7-24-8-6-22/h3-4,9-11,13H,2,5-8,12H2,1H3. The Balaban J connectivity index is 1.60. The number of ether oxygens (including phenoxy) is 1. The maximum Gasteiger partial charge on any atom is 0.162 e. The van der Waals surface area contributed by atoms with E-state index in [0.29, 0.717) is 0 Å². The number of aryl methyl sites for hydroxylation is 1. The molecule has 0 N–H and O–H groups in total. The van der Waals surface area contributed by atoms with Crippen molar-refractivity contribution in [2.75, 3.05) is 26.3 Å². The molecule has 0 aromatic carbocycles. The van der Waals surface area contributed by atoms with E-state index in [-0.39, 0.29) is 0 Å². The van der Waals surface area contributed by atoms with Gasteiger partial charge in [0.2, 0.25) is 0 Å². The summed E-state index contributed by atoms with van der Waals surface area (Å²) in [6, 6.07) is 4.06. The molecule has 0 amide bonds. The molecule has 6 nitrogen and oxygen atoms in total. The zero-order valence-electron chi connectivity index (χ0n) is 13.9. The van der Waals surface area contributed by atoms with Gasteiger partial charge in [-0.1, -0.05) is 0 Å². The highest BCUT2D eigenvalue weighted by Gasteiger charge is 2.12. The Morgan fingerprint density at radius 1 is 1.17 bits per heavy atom. The van der Waals surface area contributed by atoms with Crippen LogP contribution in [0.5, 0.6) is 0 Å². The molecule has 0 saturated carbocycles. The fourth-order valence-corrected chi connectivity index (χ4v) is 3.13. The van der Waals surface area contributed by atoms with E-state index >= 15 is 0 Å². The van der Waals surface area contributed by atoms with Crippen LogP contribution in [-0.4, -0.2) is 50.8 Å². The van der Waals surface area contributed by atoms with Gasteiger partial charge in [0.1, 0.15) is 0 Å². The van der Waals surface area contributed by atoms with Gasteiger partial charge in [0.15, 0.2) is 5.65 Å². The number of aromatic nitrogens is 4. The summed E-state index contributed by atoms with van der Waals surface area (Å²) in [6.45, 7) is 6.59. The van der Waals surface area contributed by atoms with Crippen molar-refractivity contribution in [3.8, 4) is 11.1 Å². The van der Waals surface area contributed by atoms with Gasteiger partial charge in [-0.25, -0.2) is 9.50 Å². The summed E-state index contributed by atoms with van der Waals surface area (Å²) < 4.78 is 7.38. The minimum atomic E-state index is 0.809. The predicted molar refractivity (Wildman–Crippen MR) is 91.7 cm³/mol. The van der Waals surface area contributed by atoms with Crippen LogP contribution in [0, 0.1) is 6.92 Å². The van der Waals surface area contributed by atoms with Crippen molar-refractivity contribution in [1.29, 1.82) is 0 Å². The third-order valence-corrected chi connectivity index (χ3v) is 4.34. The van der Waals surface area contributed by atoms with Gasteiger partial charge in [0.25, 0.3) is 0 Å². The van der Waals surface area contributed by atoms with E-state index in [0.717, 1.165) is 61.7 Å². The summed E-state index contributed by atoms with van der Waals surface area (Å²) >= 11 is 0. The number of fused-ring (bicyclic) bond motifs is 1. The molecule has 1 fully saturated rings. The van der Waals surface area contributed by atoms with Crippen molar-refractivity contribution in [3.63, 3.8) is 0 Å². The Bertz CT molecular complexity index is 836. The lowest BCUT2D eigenvalue weighted by atomic mass is 10.1. The molecule has 0 unspecified atom stereocenters. The number of hydrogen-bond donors (Lipinski definition) is 0. The van der Waals surface area contributed by atoms with Crippen LogP contribution in [0.4, 0.5) is 0 Å². The molecule has 0 spiro atoms. The van der Waals surface area contributed by atoms with E-state index < -0.39 is 0 Å². The first-order chi connectivity index (χ1) is 11.8. The number of pyridine rings is 1. The zero-order chi connectivity index (χ0) is 16.4. The Hall–Kier alpha value is -2.31. The first kappa shape index (κ1) is 15.2. The second-order valence-electron chi connectivity index (χ2n) is 6.22. The quantitative estimate of drug-likeness (QED) is 0.740. The predicted octanol–water partition coefficient (Wildman–Crippen LogP) is 2.32. The normalized spacial score (nSPS) is 16.4. The van der Waals surface area contributed by atoms with Crippen molar-refractivity contribution in [2.24, 2.45) is 0 Å². The van der Waals surface area contributed by atoms with Crippen LogP contribution in [0.25, 0.3) is 16.8 Å². The van der Waals surface area contributed by atoms with Gasteiger partial charge in [-0.3, -0.25) is 9.88 Å². The van der Waals surface area contributed by atoms with Crippen LogP contribution in [0.1, 0.15) is 17.7 Å². The summed E-state index contributed by atoms with van der Waals surface area (Å²) in [5.74, 6) is 0. The first-order valence-corrected chi connectivity index (χ1v) is 8.35. The molecule has 1 saturated heterocycles. The number of rotatable bonds is 3. The first-order valence-electron chi connectivity index (χ1n) is 8.35. The second kappa shape index (κ2) is 6.67. The molecule has 0 atom stereocenters. The Labute approximate surface area is 141 Å². The summed E-state index contributed by atoms with van der Waals surface area (Å²) in [5, 5.41) is 4.49. The lowest BCUT2D eigenvalue weighted by molar-refractivity contribution is 0.140. The van der Waals surface area contributed by atoms with Gasteiger partial charge in [-0.2, -0.15) is 5.10 Å². The fraction of sp³-hybridized carbons (Fsp3) is 0.389. The summed E-state index contributed by atoms with van der Waals surface area (Å²) in [6.07, 6.45) is 8.82. The largest absolute Gasteiger partial charge is 0.380 e. The average Bonchev–Trinajstić information content (AvgIpc) is 2.83. The van der Waals surface area contributed by atoms with Crippen molar-refractivity contribution >= 4 is 5.65 Å². The maximum atomic E-state index is 5.51. The molecule has 0 bridgehead atoms.